The van der Waals surface area contributed by atoms with Crippen molar-refractivity contribution in [2.24, 2.45) is 0 Å². The van der Waals surface area contributed by atoms with Crippen LogP contribution < -0.4 is 18.9 Å². The second-order valence-electron chi connectivity index (χ2n) is 10.2. The van der Waals surface area contributed by atoms with Crippen molar-refractivity contribution in [3.05, 3.63) is 82.9 Å². The van der Waals surface area contributed by atoms with Crippen molar-refractivity contribution in [3.8, 4) is 23.0 Å². The summed E-state index contributed by atoms with van der Waals surface area (Å²) in [5.41, 5.74) is 5.94. The number of ether oxygens (including phenoxy) is 4. The Morgan fingerprint density at radius 3 is 2.10 bits per heavy atom. The zero-order valence-corrected chi connectivity index (χ0v) is 23.2. The monoisotopic (exact) mass is 529 g/mol. The van der Waals surface area contributed by atoms with Crippen LogP contribution in [0.4, 0.5) is 0 Å². The molecule has 1 saturated heterocycles. The number of piperidine rings is 1. The van der Waals surface area contributed by atoms with Gasteiger partial charge in [0, 0.05) is 18.2 Å². The molecule has 3 aromatic rings. The summed E-state index contributed by atoms with van der Waals surface area (Å²) >= 11 is 0. The highest BCUT2D eigenvalue weighted by atomic mass is 16.5. The first-order valence-corrected chi connectivity index (χ1v) is 13.9. The Labute approximate surface area is 231 Å². The number of hydrogen-bond acceptors (Lipinski definition) is 6. The molecular formula is C33H39NO5. The molecule has 5 rings (SSSR count). The van der Waals surface area contributed by atoms with Gasteiger partial charge in [-0.1, -0.05) is 24.6 Å². The highest BCUT2D eigenvalue weighted by Gasteiger charge is 2.28. The Morgan fingerprint density at radius 1 is 0.744 bits per heavy atom. The summed E-state index contributed by atoms with van der Waals surface area (Å²) in [5.74, 6) is 3.10. The molecule has 0 spiro atoms. The van der Waals surface area contributed by atoms with Gasteiger partial charge in [0.05, 0.1) is 21.3 Å². The van der Waals surface area contributed by atoms with Crippen LogP contribution in [-0.4, -0.2) is 57.6 Å². The molecule has 1 N–H and O–H groups in total. The molecule has 0 radical (unpaired) electrons. The standard InChI is InChI=1S/C33H39NO5/c1-36-26-12-15-28-24(21-26)9-14-30(29-16-13-27(37-2)22-31(29)38-3)32(28)33(35)23-7-10-25(11-8-23)39-20-19-34-17-5-4-6-18-34/h7-8,10-13,15-16,21-22,33,35H,4-6,9,14,17-20H2,1-3H3. The molecule has 6 nitrogen and oxygen atoms in total. The van der Waals surface area contributed by atoms with E-state index in [1.807, 2.05) is 48.5 Å². The van der Waals surface area contributed by atoms with Crippen LogP contribution in [0.3, 0.4) is 0 Å². The van der Waals surface area contributed by atoms with Crippen LogP contribution in [-0.2, 0) is 6.42 Å². The van der Waals surface area contributed by atoms with E-state index in [4.69, 9.17) is 18.9 Å². The Hall–Kier alpha value is -3.48. The average molecular weight is 530 g/mol. The van der Waals surface area contributed by atoms with E-state index in [-0.39, 0.29) is 0 Å². The van der Waals surface area contributed by atoms with E-state index < -0.39 is 6.10 Å². The second kappa shape index (κ2) is 12.6. The molecule has 39 heavy (non-hydrogen) atoms. The van der Waals surface area contributed by atoms with Crippen LogP contribution in [0.2, 0.25) is 0 Å². The normalized spacial score (nSPS) is 16.4. The van der Waals surface area contributed by atoms with E-state index >= 15 is 0 Å². The summed E-state index contributed by atoms with van der Waals surface area (Å²) in [7, 11) is 4.99. The van der Waals surface area contributed by atoms with Crippen LogP contribution in [0.1, 0.15) is 54.0 Å². The lowest BCUT2D eigenvalue weighted by Crippen LogP contribution is -2.33. The summed E-state index contributed by atoms with van der Waals surface area (Å²) < 4.78 is 22.7. The van der Waals surface area contributed by atoms with E-state index in [1.54, 1.807) is 21.3 Å². The summed E-state index contributed by atoms with van der Waals surface area (Å²) in [6, 6.07) is 19.8. The molecule has 0 bridgehead atoms. The zero-order chi connectivity index (χ0) is 27.2. The predicted octanol–water partition coefficient (Wildman–Crippen LogP) is 6.17. The first-order valence-electron chi connectivity index (χ1n) is 13.9. The lowest BCUT2D eigenvalue weighted by molar-refractivity contribution is 0.183. The molecule has 1 atom stereocenters. The van der Waals surface area contributed by atoms with Gasteiger partial charge < -0.3 is 24.1 Å². The van der Waals surface area contributed by atoms with Gasteiger partial charge in [0.1, 0.15) is 35.7 Å². The highest BCUT2D eigenvalue weighted by Crippen LogP contribution is 2.46. The van der Waals surface area contributed by atoms with Gasteiger partial charge >= 0.3 is 0 Å². The van der Waals surface area contributed by atoms with Crippen molar-refractivity contribution in [1.29, 1.82) is 0 Å². The smallest absolute Gasteiger partial charge is 0.130 e. The Kier molecular flexibility index (Phi) is 8.74. The molecule has 0 saturated carbocycles. The number of hydrogen-bond donors (Lipinski definition) is 1. The van der Waals surface area contributed by atoms with Gasteiger partial charge in [0.25, 0.3) is 0 Å². The van der Waals surface area contributed by atoms with Crippen molar-refractivity contribution in [2.75, 3.05) is 47.6 Å². The fourth-order valence-corrected chi connectivity index (χ4v) is 5.75. The minimum absolute atomic E-state index is 0.670. The maximum atomic E-state index is 11.8. The molecule has 1 aliphatic heterocycles. The van der Waals surface area contributed by atoms with Gasteiger partial charge in [-0.05, 0) is 103 Å². The van der Waals surface area contributed by atoms with E-state index in [1.165, 1.54) is 19.3 Å². The Bertz CT molecular complexity index is 1290. The van der Waals surface area contributed by atoms with Gasteiger partial charge in [-0.3, -0.25) is 4.90 Å². The lowest BCUT2D eigenvalue weighted by Gasteiger charge is -2.29. The predicted molar refractivity (Wildman–Crippen MR) is 155 cm³/mol. The SMILES string of the molecule is COc1ccc2c(c1)CCC(c1ccc(OC)cc1OC)=C2C(O)c1ccc(OCCN2CCCCC2)cc1. The number of likely N-dealkylation sites (tertiary alicyclic amines) is 1. The maximum absolute atomic E-state index is 11.8. The van der Waals surface area contributed by atoms with Gasteiger partial charge in [-0.25, -0.2) is 0 Å². The number of aliphatic hydroxyl groups excluding tert-OH is 1. The third-order valence-corrected chi connectivity index (χ3v) is 7.90. The lowest BCUT2D eigenvalue weighted by atomic mass is 9.78. The summed E-state index contributed by atoms with van der Waals surface area (Å²) in [4.78, 5) is 2.47. The van der Waals surface area contributed by atoms with Crippen LogP contribution in [0.5, 0.6) is 23.0 Å². The molecule has 6 heteroatoms. The van der Waals surface area contributed by atoms with E-state index in [0.717, 1.165) is 88.9 Å². The highest BCUT2D eigenvalue weighted by molar-refractivity contribution is 5.97. The minimum atomic E-state index is -0.818. The quantitative estimate of drug-likeness (QED) is 0.339. The average Bonchev–Trinajstić information content (AvgIpc) is 3.00. The van der Waals surface area contributed by atoms with Crippen molar-refractivity contribution in [1.82, 2.24) is 4.90 Å². The molecule has 2 aliphatic rings. The number of rotatable bonds is 10. The minimum Gasteiger partial charge on any atom is -0.497 e. The van der Waals surface area contributed by atoms with Gasteiger partial charge in [-0.15, -0.1) is 0 Å². The van der Waals surface area contributed by atoms with Gasteiger partial charge in [0.2, 0.25) is 0 Å². The summed E-state index contributed by atoms with van der Waals surface area (Å²) in [5, 5.41) is 11.8. The number of aryl methyl sites for hydroxylation is 1. The topological polar surface area (TPSA) is 60.4 Å². The zero-order valence-electron chi connectivity index (χ0n) is 23.2. The molecule has 0 amide bonds. The fourth-order valence-electron chi connectivity index (χ4n) is 5.75. The molecule has 1 fully saturated rings. The van der Waals surface area contributed by atoms with Crippen LogP contribution in [0.15, 0.2) is 60.7 Å². The number of fused-ring (bicyclic) bond motifs is 1. The van der Waals surface area contributed by atoms with Crippen molar-refractivity contribution in [2.45, 2.75) is 38.2 Å². The molecular weight excluding hydrogens is 490 g/mol. The molecule has 1 aliphatic carbocycles. The number of benzene rings is 3. The number of nitrogens with zero attached hydrogens (tertiary/aromatic N) is 1. The van der Waals surface area contributed by atoms with E-state index in [2.05, 4.69) is 17.0 Å². The first-order chi connectivity index (χ1) is 19.1. The van der Waals surface area contributed by atoms with Crippen LogP contribution >= 0.6 is 0 Å². The summed E-state index contributed by atoms with van der Waals surface area (Å²) in [6.07, 6.45) is 4.69. The Morgan fingerprint density at radius 2 is 1.41 bits per heavy atom. The molecule has 3 aromatic carbocycles. The van der Waals surface area contributed by atoms with Crippen molar-refractivity contribution >= 4 is 11.1 Å². The third-order valence-electron chi connectivity index (χ3n) is 7.90. The van der Waals surface area contributed by atoms with Crippen LogP contribution in [0.25, 0.3) is 11.1 Å². The van der Waals surface area contributed by atoms with Crippen molar-refractivity contribution in [3.63, 3.8) is 0 Å². The fraction of sp³-hybridized carbons (Fsp3) is 0.394. The van der Waals surface area contributed by atoms with Gasteiger partial charge in [0.15, 0.2) is 0 Å². The van der Waals surface area contributed by atoms with Crippen LogP contribution in [0, 0.1) is 0 Å². The molecule has 206 valence electrons. The van der Waals surface area contributed by atoms with Crippen molar-refractivity contribution < 1.29 is 24.1 Å². The first kappa shape index (κ1) is 27.1. The maximum Gasteiger partial charge on any atom is 0.130 e. The van der Waals surface area contributed by atoms with E-state index in [9.17, 15) is 5.11 Å². The number of allylic oxidation sites excluding steroid dienone is 1. The molecule has 1 heterocycles. The largest absolute Gasteiger partial charge is 0.497 e. The third kappa shape index (κ3) is 6.07. The second-order valence-corrected chi connectivity index (χ2v) is 10.2. The summed E-state index contributed by atoms with van der Waals surface area (Å²) in [6.45, 7) is 3.95. The number of methoxy groups -OCH3 is 3. The Balaban J connectivity index is 1.45. The number of aliphatic hydroxyl groups is 1. The van der Waals surface area contributed by atoms with Gasteiger partial charge in [-0.2, -0.15) is 0 Å². The molecule has 1 unspecified atom stereocenters. The van der Waals surface area contributed by atoms with E-state index in [0.29, 0.717) is 6.61 Å². The molecule has 0 aromatic heterocycles.